The summed E-state index contributed by atoms with van der Waals surface area (Å²) in [5, 5.41) is 12.4. The van der Waals surface area contributed by atoms with E-state index in [9.17, 15) is 4.79 Å². The van der Waals surface area contributed by atoms with E-state index in [1.807, 2.05) is 36.4 Å². The molecule has 0 aliphatic rings. The second-order valence-corrected chi connectivity index (χ2v) is 4.22. The molecule has 0 spiro atoms. The molecule has 0 saturated heterocycles. The summed E-state index contributed by atoms with van der Waals surface area (Å²) >= 11 is 0. The fraction of sp³-hybridized carbons (Fsp3) is 0.133. The molecular weight excluding hydrogens is 240 g/mol. The standard InChI is InChI=1S/C15H16N2O2/c16-9-12-7-6-11(8-14(12)15(18)19)10-17-13-4-2-1-3-5-13/h1-8,17H,9-10,16H2,(H,18,19). The van der Waals surface area contributed by atoms with Gasteiger partial charge in [0.15, 0.2) is 0 Å². The van der Waals surface area contributed by atoms with Gasteiger partial charge in [0.1, 0.15) is 0 Å². The highest BCUT2D eigenvalue weighted by molar-refractivity contribution is 5.89. The van der Waals surface area contributed by atoms with E-state index in [-0.39, 0.29) is 12.1 Å². The molecule has 0 radical (unpaired) electrons. The third-order valence-corrected chi connectivity index (χ3v) is 2.90. The number of benzene rings is 2. The fourth-order valence-electron chi connectivity index (χ4n) is 1.87. The van der Waals surface area contributed by atoms with E-state index in [0.29, 0.717) is 12.1 Å². The van der Waals surface area contributed by atoms with Gasteiger partial charge in [-0.05, 0) is 29.3 Å². The van der Waals surface area contributed by atoms with Crippen LogP contribution in [0.1, 0.15) is 21.5 Å². The van der Waals surface area contributed by atoms with Crippen molar-refractivity contribution in [1.82, 2.24) is 0 Å². The molecule has 0 saturated carbocycles. The molecule has 2 aromatic rings. The van der Waals surface area contributed by atoms with Gasteiger partial charge in [-0.25, -0.2) is 4.79 Å². The van der Waals surface area contributed by atoms with E-state index < -0.39 is 5.97 Å². The van der Waals surface area contributed by atoms with Crippen LogP contribution in [0.15, 0.2) is 48.5 Å². The third-order valence-electron chi connectivity index (χ3n) is 2.90. The lowest BCUT2D eigenvalue weighted by atomic mass is 10.0. The van der Waals surface area contributed by atoms with Crippen LogP contribution in [0.5, 0.6) is 0 Å². The average Bonchev–Trinajstić information content (AvgIpc) is 2.46. The van der Waals surface area contributed by atoms with E-state index in [4.69, 9.17) is 10.8 Å². The Balaban J connectivity index is 2.13. The van der Waals surface area contributed by atoms with E-state index in [1.165, 1.54) is 0 Å². The van der Waals surface area contributed by atoms with Gasteiger partial charge in [-0.1, -0.05) is 30.3 Å². The number of carboxylic acids is 1. The quantitative estimate of drug-likeness (QED) is 0.768. The summed E-state index contributed by atoms with van der Waals surface area (Å²) in [5.41, 5.74) is 8.36. The van der Waals surface area contributed by atoms with Crippen LogP contribution in [0, 0.1) is 0 Å². The third kappa shape index (κ3) is 3.33. The zero-order valence-electron chi connectivity index (χ0n) is 10.5. The largest absolute Gasteiger partial charge is 0.478 e. The summed E-state index contributed by atoms with van der Waals surface area (Å²) in [6, 6.07) is 15.1. The van der Waals surface area contributed by atoms with Gasteiger partial charge in [-0.15, -0.1) is 0 Å². The minimum Gasteiger partial charge on any atom is -0.478 e. The van der Waals surface area contributed by atoms with Crippen molar-refractivity contribution in [2.45, 2.75) is 13.1 Å². The molecule has 4 N–H and O–H groups in total. The molecule has 98 valence electrons. The zero-order valence-corrected chi connectivity index (χ0v) is 10.5. The van der Waals surface area contributed by atoms with Crippen molar-refractivity contribution < 1.29 is 9.90 Å². The van der Waals surface area contributed by atoms with Crippen molar-refractivity contribution in [3.8, 4) is 0 Å². The number of anilines is 1. The Hall–Kier alpha value is -2.33. The first kappa shape index (κ1) is 13.1. The molecule has 2 aromatic carbocycles. The van der Waals surface area contributed by atoms with Crippen molar-refractivity contribution in [1.29, 1.82) is 0 Å². The fourth-order valence-corrected chi connectivity index (χ4v) is 1.87. The summed E-state index contributed by atoms with van der Waals surface area (Å²) in [4.78, 5) is 11.1. The maximum Gasteiger partial charge on any atom is 0.336 e. The Morgan fingerprint density at radius 3 is 2.53 bits per heavy atom. The van der Waals surface area contributed by atoms with Gasteiger partial charge in [0.2, 0.25) is 0 Å². The van der Waals surface area contributed by atoms with Gasteiger partial charge in [-0.3, -0.25) is 0 Å². The molecule has 0 amide bonds. The molecule has 4 heteroatoms. The Kier molecular flexibility index (Phi) is 4.15. The van der Waals surface area contributed by atoms with Crippen LogP contribution in [0.25, 0.3) is 0 Å². The summed E-state index contributed by atoms with van der Waals surface area (Å²) in [5.74, 6) is -0.943. The predicted octanol–water partition coefficient (Wildman–Crippen LogP) is 2.46. The number of carboxylic acid groups (broad SMARTS) is 1. The van der Waals surface area contributed by atoms with Crippen LogP contribution in [0.4, 0.5) is 5.69 Å². The molecule has 2 rings (SSSR count). The Labute approximate surface area is 111 Å². The van der Waals surface area contributed by atoms with E-state index in [1.54, 1.807) is 12.1 Å². The number of rotatable bonds is 5. The summed E-state index contributed by atoms with van der Waals surface area (Å²) in [6.45, 7) is 0.809. The minimum absolute atomic E-state index is 0.230. The van der Waals surface area contributed by atoms with Gasteiger partial charge >= 0.3 is 5.97 Å². The van der Waals surface area contributed by atoms with Crippen molar-refractivity contribution in [2.24, 2.45) is 5.73 Å². The smallest absolute Gasteiger partial charge is 0.336 e. The highest BCUT2D eigenvalue weighted by Crippen LogP contribution is 2.14. The molecule has 0 aromatic heterocycles. The van der Waals surface area contributed by atoms with Gasteiger partial charge in [-0.2, -0.15) is 0 Å². The van der Waals surface area contributed by atoms with Gasteiger partial charge < -0.3 is 16.2 Å². The number of nitrogens with two attached hydrogens (primary N) is 1. The lowest BCUT2D eigenvalue weighted by Crippen LogP contribution is -2.09. The maximum absolute atomic E-state index is 11.1. The molecule has 0 unspecified atom stereocenters. The SMILES string of the molecule is NCc1ccc(CNc2ccccc2)cc1C(=O)O. The molecule has 0 fully saturated rings. The number of nitrogens with one attached hydrogen (secondary N) is 1. The minimum atomic E-state index is -0.943. The van der Waals surface area contributed by atoms with Gasteiger partial charge in [0.05, 0.1) is 5.56 Å². The maximum atomic E-state index is 11.1. The highest BCUT2D eigenvalue weighted by atomic mass is 16.4. The van der Waals surface area contributed by atoms with Gasteiger partial charge in [0.25, 0.3) is 0 Å². The molecule has 4 nitrogen and oxygen atoms in total. The van der Waals surface area contributed by atoms with Crippen LogP contribution >= 0.6 is 0 Å². The second kappa shape index (κ2) is 6.02. The van der Waals surface area contributed by atoms with Crippen LogP contribution in [-0.2, 0) is 13.1 Å². The topological polar surface area (TPSA) is 75.3 Å². The lowest BCUT2D eigenvalue weighted by molar-refractivity contribution is 0.0695. The molecule has 19 heavy (non-hydrogen) atoms. The van der Waals surface area contributed by atoms with E-state index in [0.717, 1.165) is 11.3 Å². The Bertz CT molecular complexity index is 568. The number of hydrogen-bond donors (Lipinski definition) is 3. The summed E-state index contributed by atoms with van der Waals surface area (Å²) in [7, 11) is 0. The molecule has 0 bridgehead atoms. The Morgan fingerprint density at radius 2 is 1.89 bits per heavy atom. The number of hydrogen-bond acceptors (Lipinski definition) is 3. The van der Waals surface area contributed by atoms with Crippen molar-refractivity contribution in [2.75, 3.05) is 5.32 Å². The van der Waals surface area contributed by atoms with Crippen molar-refractivity contribution in [3.63, 3.8) is 0 Å². The molecule has 0 heterocycles. The van der Waals surface area contributed by atoms with E-state index in [2.05, 4.69) is 5.32 Å². The lowest BCUT2D eigenvalue weighted by Gasteiger charge is -2.09. The molecule has 0 atom stereocenters. The van der Waals surface area contributed by atoms with Gasteiger partial charge in [0, 0.05) is 18.8 Å². The van der Waals surface area contributed by atoms with E-state index >= 15 is 0 Å². The first-order valence-electron chi connectivity index (χ1n) is 6.05. The first-order chi connectivity index (χ1) is 9.20. The molecular formula is C15H16N2O2. The molecule has 0 aliphatic carbocycles. The van der Waals surface area contributed by atoms with Crippen LogP contribution in [0.2, 0.25) is 0 Å². The highest BCUT2D eigenvalue weighted by Gasteiger charge is 2.09. The predicted molar refractivity (Wildman–Crippen MR) is 75.1 cm³/mol. The van der Waals surface area contributed by atoms with Crippen molar-refractivity contribution >= 4 is 11.7 Å². The Morgan fingerprint density at radius 1 is 1.16 bits per heavy atom. The zero-order chi connectivity index (χ0) is 13.7. The molecule has 0 aliphatic heterocycles. The number of para-hydroxylation sites is 1. The normalized spacial score (nSPS) is 10.2. The van der Waals surface area contributed by atoms with Crippen molar-refractivity contribution in [3.05, 3.63) is 65.2 Å². The first-order valence-corrected chi connectivity index (χ1v) is 6.05. The number of carbonyl (C=O) groups is 1. The summed E-state index contributed by atoms with van der Waals surface area (Å²) < 4.78 is 0. The second-order valence-electron chi connectivity index (χ2n) is 4.22. The van der Waals surface area contributed by atoms with Crippen LogP contribution in [-0.4, -0.2) is 11.1 Å². The number of aromatic carboxylic acids is 1. The average molecular weight is 256 g/mol. The van der Waals surface area contributed by atoms with Crippen LogP contribution in [0.3, 0.4) is 0 Å². The summed E-state index contributed by atoms with van der Waals surface area (Å²) in [6.07, 6.45) is 0. The van der Waals surface area contributed by atoms with Crippen LogP contribution < -0.4 is 11.1 Å². The monoisotopic (exact) mass is 256 g/mol.